The molecule has 0 bridgehead atoms. The number of rotatable bonds is 19. The maximum atomic E-state index is 15.4. The van der Waals surface area contributed by atoms with Crippen LogP contribution in [0.1, 0.15) is 105 Å². The zero-order chi connectivity index (χ0) is 42.3. The van der Waals surface area contributed by atoms with Crippen molar-refractivity contribution in [3.8, 4) is 17.4 Å². The molecule has 0 spiro atoms. The van der Waals surface area contributed by atoms with Gasteiger partial charge in [0.25, 0.3) is 5.88 Å². The minimum absolute atomic E-state index is 0.00227. The van der Waals surface area contributed by atoms with Crippen LogP contribution in [0.5, 0.6) is 17.4 Å². The number of Topliss-reactive ketones (excluding diaryl/α,β-unsaturated/α-hetero) is 2. The number of methoxy groups -OCH3 is 3. The number of aliphatic hydroxyl groups is 1. The largest absolute Gasteiger partial charge is 0.507 e. The summed E-state index contributed by atoms with van der Waals surface area (Å²) in [7, 11) is 2.73. The minimum atomic E-state index is -2.01. The van der Waals surface area contributed by atoms with Crippen molar-refractivity contribution in [3.05, 3.63) is 69.5 Å². The topological polar surface area (TPSA) is 153 Å². The van der Waals surface area contributed by atoms with E-state index in [1.54, 1.807) is 13.2 Å². The van der Waals surface area contributed by atoms with Crippen molar-refractivity contribution in [1.82, 2.24) is 5.16 Å². The zero-order valence-corrected chi connectivity index (χ0v) is 36.7. The van der Waals surface area contributed by atoms with Crippen LogP contribution in [0.2, 0.25) is 25.7 Å². The predicted octanol–water partition coefficient (Wildman–Crippen LogP) is 8.93. The minimum Gasteiger partial charge on any atom is -0.507 e. The number of ether oxygens (including phenoxy) is 6. The molecule has 0 amide bonds. The monoisotopic (exact) mass is 817 g/mol. The summed E-state index contributed by atoms with van der Waals surface area (Å²) in [5.41, 5.74) is 0.948. The molecular formula is C45H59NO11Si. The van der Waals surface area contributed by atoms with E-state index in [1.807, 2.05) is 19.9 Å². The standard InChI is InChI=1S/C45H59NO11Si/c1-12-15-18-25(4)44(5)24-26-29-30(27(54-19-16-13-2)23-28(51-6)36(29)44)38(47)31-35(26)45(52-7,53-8)37-32(39(31)48)40(49)34-41(57-46-42(34)55-20-17-14-3)33(37)43(50)56-21-22-58(9,10)11/h12,23-25,33,37,49H,1,13-22H2,2-11H3/t25?,33-,37+,44-/m0/s1. The maximum absolute atomic E-state index is 15.4. The summed E-state index contributed by atoms with van der Waals surface area (Å²) >= 11 is 0. The molecule has 1 aromatic heterocycles. The fraction of sp³-hybridized carbons (Fsp3) is 0.556. The first-order valence-corrected chi connectivity index (χ1v) is 24.2. The van der Waals surface area contributed by atoms with Gasteiger partial charge in [-0.25, -0.2) is 0 Å². The number of benzene rings is 1. The summed E-state index contributed by atoms with van der Waals surface area (Å²) < 4.78 is 43.2. The van der Waals surface area contributed by atoms with Gasteiger partial charge in [0.15, 0.2) is 11.5 Å². The number of hydrogen-bond acceptors (Lipinski definition) is 12. The summed E-state index contributed by atoms with van der Waals surface area (Å²) in [5.74, 6) is -6.77. The van der Waals surface area contributed by atoms with Crippen molar-refractivity contribution < 1.29 is 52.4 Å². The molecule has 4 aliphatic rings. The number of ketones is 2. The molecule has 6 rings (SSSR count). The van der Waals surface area contributed by atoms with Gasteiger partial charge in [0.05, 0.1) is 49.6 Å². The van der Waals surface area contributed by atoms with Crippen LogP contribution in [0.15, 0.2) is 46.0 Å². The zero-order valence-electron chi connectivity index (χ0n) is 35.7. The number of allylic oxidation sites excluding steroid dienone is 3. The molecular weight excluding hydrogens is 759 g/mol. The molecule has 0 radical (unpaired) electrons. The second-order valence-electron chi connectivity index (χ2n) is 17.1. The highest BCUT2D eigenvalue weighted by atomic mass is 28.3. The van der Waals surface area contributed by atoms with E-state index in [2.05, 4.69) is 51.3 Å². The van der Waals surface area contributed by atoms with Crippen molar-refractivity contribution in [2.45, 2.75) is 109 Å². The lowest BCUT2D eigenvalue weighted by Gasteiger charge is -2.49. The van der Waals surface area contributed by atoms with Gasteiger partial charge >= 0.3 is 5.97 Å². The summed E-state index contributed by atoms with van der Waals surface area (Å²) in [5, 5.41) is 16.4. The van der Waals surface area contributed by atoms with Crippen molar-refractivity contribution in [2.24, 2.45) is 11.8 Å². The highest BCUT2D eigenvalue weighted by Crippen LogP contribution is 2.64. The van der Waals surface area contributed by atoms with E-state index < -0.39 is 54.4 Å². The number of unbranched alkanes of at least 4 members (excludes halogenated alkanes) is 2. The van der Waals surface area contributed by atoms with Gasteiger partial charge < -0.3 is 38.1 Å². The number of carbonyl (C=O) groups is 3. The fourth-order valence-corrected chi connectivity index (χ4v) is 9.64. The third kappa shape index (κ3) is 6.86. The molecule has 0 aliphatic heterocycles. The van der Waals surface area contributed by atoms with E-state index in [4.69, 9.17) is 32.9 Å². The predicted molar refractivity (Wildman–Crippen MR) is 222 cm³/mol. The lowest BCUT2D eigenvalue weighted by atomic mass is 9.60. The maximum Gasteiger partial charge on any atom is 0.317 e. The van der Waals surface area contributed by atoms with E-state index in [0.717, 1.165) is 37.7 Å². The molecule has 0 fully saturated rings. The van der Waals surface area contributed by atoms with Gasteiger partial charge in [-0.3, -0.25) is 14.4 Å². The van der Waals surface area contributed by atoms with Crippen molar-refractivity contribution >= 4 is 36.9 Å². The van der Waals surface area contributed by atoms with Crippen LogP contribution in [-0.4, -0.2) is 82.8 Å². The molecule has 0 saturated carbocycles. The molecule has 1 aromatic carbocycles. The average Bonchev–Trinajstić information content (AvgIpc) is 3.75. The highest BCUT2D eigenvalue weighted by Gasteiger charge is 2.66. The highest BCUT2D eigenvalue weighted by molar-refractivity contribution is 6.76. The first-order valence-electron chi connectivity index (χ1n) is 20.5. The van der Waals surface area contributed by atoms with Crippen LogP contribution >= 0.6 is 0 Å². The lowest BCUT2D eigenvalue weighted by Crippen LogP contribution is -2.56. The summed E-state index contributed by atoms with van der Waals surface area (Å²) in [6, 6.07) is 2.42. The van der Waals surface area contributed by atoms with Gasteiger partial charge in [0.2, 0.25) is 11.6 Å². The second-order valence-corrected chi connectivity index (χ2v) is 22.7. The molecule has 1 heterocycles. The molecule has 58 heavy (non-hydrogen) atoms. The Labute approximate surface area is 342 Å². The van der Waals surface area contributed by atoms with E-state index in [0.29, 0.717) is 36.0 Å². The lowest BCUT2D eigenvalue weighted by molar-refractivity contribution is -0.213. The van der Waals surface area contributed by atoms with Gasteiger partial charge in [0, 0.05) is 50.5 Å². The van der Waals surface area contributed by atoms with Crippen LogP contribution < -0.4 is 14.2 Å². The summed E-state index contributed by atoms with van der Waals surface area (Å²) in [6.07, 6.45) is 8.54. The third-order valence-corrected chi connectivity index (χ3v) is 14.0. The van der Waals surface area contributed by atoms with Crippen molar-refractivity contribution in [1.29, 1.82) is 0 Å². The van der Waals surface area contributed by atoms with E-state index in [9.17, 15) is 9.90 Å². The van der Waals surface area contributed by atoms with Gasteiger partial charge in [-0.15, -0.1) is 6.58 Å². The number of esters is 1. The van der Waals surface area contributed by atoms with E-state index >= 15 is 9.59 Å². The Bertz CT molecular complexity index is 2080. The number of carbonyl (C=O) groups excluding carboxylic acids is 3. The molecule has 314 valence electrons. The van der Waals surface area contributed by atoms with Gasteiger partial charge in [-0.05, 0) is 48.4 Å². The fourth-order valence-electron chi connectivity index (χ4n) is 8.92. The SMILES string of the molecule is C=CCCC(C)[C@]1(C)C=C2C3=C(C(=O)C4=C(O)c5c(OCCCC)noc5[C@@H](C(=O)OCC[Si](C)(C)C)[C@@H]4C3(OC)OC)C(=O)c3c(OCCCC)cc(OC)c1c32. The molecule has 4 atom stereocenters. The van der Waals surface area contributed by atoms with E-state index in [-0.39, 0.29) is 64.4 Å². The molecule has 13 heteroatoms. The first-order chi connectivity index (χ1) is 27.6. The normalized spacial score (nSPS) is 22.1. The first kappa shape index (κ1) is 43.1. The number of aliphatic hydroxyl groups excluding tert-OH is 1. The summed E-state index contributed by atoms with van der Waals surface area (Å²) in [6.45, 7) is 19.4. The Kier molecular flexibility index (Phi) is 12.4. The van der Waals surface area contributed by atoms with Crippen molar-refractivity contribution in [2.75, 3.05) is 41.2 Å². The van der Waals surface area contributed by atoms with Gasteiger partial charge in [0.1, 0.15) is 28.7 Å². The van der Waals surface area contributed by atoms with Crippen LogP contribution in [-0.2, 0) is 29.2 Å². The Morgan fingerprint density at radius 3 is 2.28 bits per heavy atom. The van der Waals surface area contributed by atoms with Gasteiger partial charge in [-0.2, -0.15) is 0 Å². The van der Waals surface area contributed by atoms with Crippen LogP contribution in [0.3, 0.4) is 0 Å². The summed E-state index contributed by atoms with van der Waals surface area (Å²) in [4.78, 5) is 45.4. The molecule has 0 saturated heterocycles. The smallest absolute Gasteiger partial charge is 0.317 e. The molecule has 2 aromatic rings. The van der Waals surface area contributed by atoms with Crippen LogP contribution in [0.4, 0.5) is 0 Å². The Morgan fingerprint density at radius 1 is 1.00 bits per heavy atom. The molecule has 12 nitrogen and oxygen atoms in total. The Balaban J connectivity index is 1.67. The molecule has 4 aliphatic carbocycles. The second kappa shape index (κ2) is 16.7. The van der Waals surface area contributed by atoms with Crippen LogP contribution in [0.25, 0.3) is 11.3 Å². The molecule has 1 N–H and O–H groups in total. The number of aromatic nitrogens is 1. The van der Waals surface area contributed by atoms with Crippen molar-refractivity contribution in [3.63, 3.8) is 0 Å². The van der Waals surface area contributed by atoms with E-state index in [1.165, 1.54) is 14.2 Å². The molecule has 1 unspecified atom stereocenters. The van der Waals surface area contributed by atoms with Crippen LogP contribution in [0, 0.1) is 11.8 Å². The number of fused-ring (bicyclic) bond motifs is 3. The third-order valence-electron chi connectivity index (χ3n) is 12.3. The number of nitrogens with zero attached hydrogens (tertiary/aromatic N) is 1. The quantitative estimate of drug-likeness (QED) is 0.0360. The average molecular weight is 818 g/mol. The van der Waals surface area contributed by atoms with Gasteiger partial charge in [-0.1, -0.05) is 72.3 Å². The Hall–Kier alpha value is -4.46. The number of hydrogen-bond donors (Lipinski definition) is 1. The Morgan fingerprint density at radius 2 is 1.67 bits per heavy atom.